The van der Waals surface area contributed by atoms with E-state index in [0.717, 1.165) is 12.8 Å². The summed E-state index contributed by atoms with van der Waals surface area (Å²) in [5.74, 6) is 0.129. The molecule has 1 fully saturated rings. The number of amides is 1. The molecule has 1 aliphatic heterocycles. The van der Waals surface area contributed by atoms with Crippen molar-refractivity contribution in [1.29, 1.82) is 0 Å². The van der Waals surface area contributed by atoms with Gasteiger partial charge in [0, 0.05) is 19.6 Å². The van der Waals surface area contributed by atoms with Gasteiger partial charge < -0.3 is 11.1 Å². The number of hydrogen-bond acceptors (Lipinski definition) is 4. The maximum atomic E-state index is 12.5. The average molecular weight is 362 g/mol. The van der Waals surface area contributed by atoms with Crippen LogP contribution in [0.2, 0.25) is 0 Å². The molecule has 8 heteroatoms. The lowest BCUT2D eigenvalue weighted by atomic mass is 9.98. The molecule has 0 bridgehead atoms. The first-order valence-electron chi connectivity index (χ1n) is 7.49. The fourth-order valence-corrected chi connectivity index (χ4v) is 3.99. The Kier molecular flexibility index (Phi) is 7.47. The van der Waals surface area contributed by atoms with Gasteiger partial charge in [0.15, 0.2) is 0 Å². The molecule has 0 saturated carbocycles. The monoisotopic (exact) mass is 361 g/mol. The molecule has 0 aromatic heterocycles. The molecular weight excluding hydrogens is 338 g/mol. The van der Waals surface area contributed by atoms with E-state index in [9.17, 15) is 13.2 Å². The van der Waals surface area contributed by atoms with Crippen molar-refractivity contribution in [3.8, 4) is 0 Å². The van der Waals surface area contributed by atoms with Gasteiger partial charge in [0.1, 0.15) is 0 Å². The Labute approximate surface area is 143 Å². The van der Waals surface area contributed by atoms with Crippen molar-refractivity contribution in [1.82, 2.24) is 9.62 Å². The van der Waals surface area contributed by atoms with Crippen molar-refractivity contribution in [2.75, 3.05) is 19.6 Å². The minimum Gasteiger partial charge on any atom is -0.354 e. The first kappa shape index (κ1) is 19.9. The lowest BCUT2D eigenvalue weighted by Gasteiger charge is -2.31. The van der Waals surface area contributed by atoms with Crippen molar-refractivity contribution in [2.24, 2.45) is 11.7 Å². The molecule has 1 heterocycles. The highest BCUT2D eigenvalue weighted by Crippen LogP contribution is 2.23. The second-order valence-corrected chi connectivity index (χ2v) is 7.63. The minimum absolute atomic E-state index is 0. The van der Waals surface area contributed by atoms with Crippen LogP contribution in [0.4, 0.5) is 0 Å². The van der Waals surface area contributed by atoms with Gasteiger partial charge in [0.05, 0.1) is 10.9 Å². The molecule has 1 atom stereocenters. The van der Waals surface area contributed by atoms with Gasteiger partial charge in [-0.2, -0.15) is 4.31 Å². The van der Waals surface area contributed by atoms with Crippen LogP contribution in [0.3, 0.4) is 0 Å². The smallest absolute Gasteiger partial charge is 0.243 e. The third-order valence-corrected chi connectivity index (χ3v) is 5.85. The van der Waals surface area contributed by atoms with E-state index in [1.54, 1.807) is 37.3 Å². The number of carbonyl (C=O) groups is 1. The first-order chi connectivity index (χ1) is 10.4. The molecule has 1 aromatic carbocycles. The van der Waals surface area contributed by atoms with Crippen LogP contribution >= 0.6 is 12.4 Å². The largest absolute Gasteiger partial charge is 0.354 e. The molecule has 1 aromatic rings. The molecule has 0 aliphatic carbocycles. The van der Waals surface area contributed by atoms with Crippen LogP contribution < -0.4 is 11.1 Å². The highest BCUT2D eigenvalue weighted by molar-refractivity contribution is 7.89. The summed E-state index contributed by atoms with van der Waals surface area (Å²) >= 11 is 0. The summed E-state index contributed by atoms with van der Waals surface area (Å²) in [6, 6.07) is 7.96. The lowest BCUT2D eigenvalue weighted by molar-refractivity contribution is -0.122. The fourth-order valence-electron chi connectivity index (χ4n) is 2.50. The lowest BCUT2D eigenvalue weighted by Crippen LogP contribution is -2.44. The van der Waals surface area contributed by atoms with Gasteiger partial charge >= 0.3 is 0 Å². The molecule has 0 spiro atoms. The standard InChI is InChI=1S/C15H23N3O3S.ClH/c1-12(16)15(19)17-11-13-7-9-18(10-8-13)22(20,21)14-5-3-2-4-6-14;/h2-6,12-13H,7-11,16H2,1H3,(H,17,19);1H/t12-;/m1./s1. The number of benzene rings is 1. The molecule has 0 unspecified atom stereocenters. The Bertz CT molecular complexity index is 600. The van der Waals surface area contributed by atoms with Crippen LogP contribution in [0.25, 0.3) is 0 Å². The van der Waals surface area contributed by atoms with E-state index in [4.69, 9.17) is 5.73 Å². The summed E-state index contributed by atoms with van der Waals surface area (Å²) in [4.78, 5) is 11.8. The Morgan fingerprint density at radius 3 is 2.39 bits per heavy atom. The third kappa shape index (κ3) is 5.17. The number of nitrogens with one attached hydrogen (secondary N) is 1. The normalized spacial score (nSPS) is 18.0. The molecule has 2 rings (SSSR count). The molecule has 6 nitrogen and oxygen atoms in total. The van der Waals surface area contributed by atoms with E-state index in [0.29, 0.717) is 30.4 Å². The zero-order valence-electron chi connectivity index (χ0n) is 13.1. The Morgan fingerprint density at radius 1 is 1.30 bits per heavy atom. The number of sulfonamides is 1. The van der Waals surface area contributed by atoms with E-state index in [1.165, 1.54) is 4.31 Å². The van der Waals surface area contributed by atoms with Crippen LogP contribution in [0.5, 0.6) is 0 Å². The molecule has 23 heavy (non-hydrogen) atoms. The van der Waals surface area contributed by atoms with Crippen molar-refractivity contribution < 1.29 is 13.2 Å². The van der Waals surface area contributed by atoms with Gasteiger partial charge in [-0.15, -0.1) is 12.4 Å². The number of hydrogen-bond donors (Lipinski definition) is 2. The highest BCUT2D eigenvalue weighted by atomic mass is 35.5. The van der Waals surface area contributed by atoms with Crippen LogP contribution in [0.1, 0.15) is 19.8 Å². The summed E-state index contributed by atoms with van der Waals surface area (Å²) in [5, 5.41) is 2.81. The third-order valence-electron chi connectivity index (χ3n) is 3.93. The number of nitrogens with two attached hydrogens (primary N) is 1. The van der Waals surface area contributed by atoms with Crippen molar-refractivity contribution in [3.63, 3.8) is 0 Å². The molecule has 130 valence electrons. The molecule has 3 N–H and O–H groups in total. The summed E-state index contributed by atoms with van der Waals surface area (Å²) in [5.41, 5.74) is 5.50. The molecule has 0 radical (unpaired) electrons. The van der Waals surface area contributed by atoms with Crippen molar-refractivity contribution >= 4 is 28.3 Å². The van der Waals surface area contributed by atoms with Gasteiger partial charge in [0.2, 0.25) is 15.9 Å². The van der Waals surface area contributed by atoms with E-state index in [-0.39, 0.29) is 18.3 Å². The minimum atomic E-state index is -3.40. The Morgan fingerprint density at radius 2 is 1.87 bits per heavy atom. The second kappa shape index (κ2) is 8.63. The number of rotatable bonds is 5. The number of halogens is 1. The van der Waals surface area contributed by atoms with Crippen LogP contribution in [0, 0.1) is 5.92 Å². The van der Waals surface area contributed by atoms with E-state index in [1.807, 2.05) is 0 Å². The van der Waals surface area contributed by atoms with Crippen molar-refractivity contribution in [3.05, 3.63) is 30.3 Å². The van der Waals surface area contributed by atoms with Gasteiger partial charge in [-0.25, -0.2) is 8.42 Å². The molecule has 1 amide bonds. The summed E-state index contributed by atoms with van der Waals surface area (Å²) in [6.45, 7) is 3.16. The highest BCUT2D eigenvalue weighted by Gasteiger charge is 2.29. The fraction of sp³-hybridized carbons (Fsp3) is 0.533. The number of nitrogens with zero attached hydrogens (tertiary/aromatic N) is 1. The maximum Gasteiger partial charge on any atom is 0.243 e. The average Bonchev–Trinajstić information content (AvgIpc) is 2.53. The van der Waals surface area contributed by atoms with Gasteiger partial charge in [0.25, 0.3) is 0 Å². The Balaban J connectivity index is 0.00000264. The zero-order valence-corrected chi connectivity index (χ0v) is 14.8. The van der Waals surface area contributed by atoms with Crippen LogP contribution in [0.15, 0.2) is 35.2 Å². The van der Waals surface area contributed by atoms with E-state index < -0.39 is 16.1 Å². The number of carbonyl (C=O) groups excluding carboxylic acids is 1. The summed E-state index contributed by atoms with van der Waals surface area (Å²) in [7, 11) is -3.40. The van der Waals surface area contributed by atoms with Crippen LogP contribution in [-0.2, 0) is 14.8 Å². The SMILES string of the molecule is C[C@@H](N)C(=O)NCC1CCN(S(=O)(=O)c2ccccc2)CC1.Cl. The maximum absolute atomic E-state index is 12.5. The van der Waals surface area contributed by atoms with E-state index in [2.05, 4.69) is 5.32 Å². The van der Waals surface area contributed by atoms with Gasteiger partial charge in [-0.05, 0) is 37.8 Å². The predicted molar refractivity (Wildman–Crippen MR) is 91.8 cm³/mol. The molecule has 1 aliphatic rings. The summed E-state index contributed by atoms with van der Waals surface area (Å²) < 4.78 is 26.5. The van der Waals surface area contributed by atoms with Crippen molar-refractivity contribution in [2.45, 2.75) is 30.7 Å². The van der Waals surface area contributed by atoms with E-state index >= 15 is 0 Å². The second-order valence-electron chi connectivity index (χ2n) is 5.69. The molecular formula is C15H24ClN3O3S. The van der Waals surface area contributed by atoms with Gasteiger partial charge in [-0.1, -0.05) is 18.2 Å². The molecule has 1 saturated heterocycles. The Hall–Kier alpha value is -1.15. The van der Waals surface area contributed by atoms with Gasteiger partial charge in [-0.3, -0.25) is 4.79 Å². The first-order valence-corrected chi connectivity index (χ1v) is 8.94. The summed E-state index contributed by atoms with van der Waals surface area (Å²) in [6.07, 6.45) is 1.48. The quantitative estimate of drug-likeness (QED) is 0.817. The zero-order chi connectivity index (χ0) is 16.2. The van der Waals surface area contributed by atoms with Crippen LogP contribution in [-0.4, -0.2) is 44.3 Å². The number of piperidine rings is 1. The topological polar surface area (TPSA) is 92.5 Å². The predicted octanol–water partition coefficient (Wildman–Crippen LogP) is 0.972.